The van der Waals surface area contributed by atoms with Crippen LogP contribution in [0.25, 0.3) is 0 Å². The Morgan fingerprint density at radius 3 is 2.11 bits per heavy atom. The molecule has 0 saturated carbocycles. The first-order valence-electron chi connectivity index (χ1n) is 12.1. The van der Waals surface area contributed by atoms with Crippen molar-refractivity contribution in [3.63, 3.8) is 0 Å². The van der Waals surface area contributed by atoms with Crippen LogP contribution in [0.2, 0.25) is 0 Å². The van der Waals surface area contributed by atoms with Crippen molar-refractivity contribution in [2.75, 3.05) is 34.0 Å². The zero-order chi connectivity index (χ0) is 27.9. The average Bonchev–Trinajstić information content (AvgIpc) is 3.47. The number of amides is 3. The SMILES string of the molecule is COC[C@H](NC(=O)c1cc(C)on1)C(=O)N[C@@H](COC)C(=O)N[C@@H](Cc1cccc(C)c1)C(=O)[C@@]1(C)CO1. The van der Waals surface area contributed by atoms with Crippen molar-refractivity contribution in [1.82, 2.24) is 21.1 Å². The van der Waals surface area contributed by atoms with Gasteiger partial charge in [0.05, 0.1) is 25.9 Å². The minimum atomic E-state index is -1.15. The maximum absolute atomic E-state index is 13.3. The fraction of sp³-hybridized carbons (Fsp3) is 0.500. The fourth-order valence-corrected chi connectivity index (χ4v) is 3.85. The van der Waals surface area contributed by atoms with Crippen LogP contribution in [-0.2, 0) is 35.0 Å². The number of nitrogens with zero attached hydrogens (tertiary/aromatic N) is 1. The summed E-state index contributed by atoms with van der Waals surface area (Å²) in [7, 11) is 2.75. The van der Waals surface area contributed by atoms with Crippen LogP contribution in [0.5, 0.6) is 0 Å². The van der Waals surface area contributed by atoms with Gasteiger partial charge in [-0.05, 0) is 32.8 Å². The zero-order valence-corrected chi connectivity index (χ0v) is 22.2. The molecule has 12 heteroatoms. The highest BCUT2D eigenvalue weighted by molar-refractivity contribution is 5.99. The van der Waals surface area contributed by atoms with Crippen molar-refractivity contribution < 1.29 is 37.9 Å². The van der Waals surface area contributed by atoms with Crippen molar-refractivity contribution in [3.8, 4) is 0 Å². The Labute approximate surface area is 220 Å². The highest BCUT2D eigenvalue weighted by Crippen LogP contribution is 2.29. The second kappa shape index (κ2) is 12.8. The molecule has 2 aromatic rings. The number of ether oxygens (including phenoxy) is 3. The van der Waals surface area contributed by atoms with Crippen LogP contribution in [0.3, 0.4) is 0 Å². The maximum Gasteiger partial charge on any atom is 0.274 e. The van der Waals surface area contributed by atoms with Crippen molar-refractivity contribution in [2.24, 2.45) is 0 Å². The average molecular weight is 531 g/mol. The Morgan fingerprint density at radius 2 is 1.58 bits per heavy atom. The number of epoxide rings is 1. The zero-order valence-electron chi connectivity index (χ0n) is 22.2. The number of rotatable bonds is 14. The smallest absolute Gasteiger partial charge is 0.274 e. The molecule has 2 heterocycles. The first-order chi connectivity index (χ1) is 18.1. The van der Waals surface area contributed by atoms with E-state index in [9.17, 15) is 19.2 Å². The van der Waals surface area contributed by atoms with E-state index in [4.69, 9.17) is 18.7 Å². The molecule has 0 radical (unpaired) electrons. The van der Waals surface area contributed by atoms with Crippen LogP contribution in [0.1, 0.15) is 34.3 Å². The third-order valence-electron chi connectivity index (χ3n) is 6.04. The Balaban J connectivity index is 1.72. The molecule has 3 amide bonds. The van der Waals surface area contributed by atoms with Gasteiger partial charge in [-0.25, -0.2) is 0 Å². The molecule has 0 bridgehead atoms. The summed E-state index contributed by atoms with van der Waals surface area (Å²) in [6.07, 6.45) is 0.248. The lowest BCUT2D eigenvalue weighted by Crippen LogP contribution is -2.59. The van der Waals surface area contributed by atoms with Crippen molar-refractivity contribution in [2.45, 2.75) is 50.9 Å². The molecule has 4 atom stereocenters. The summed E-state index contributed by atoms with van der Waals surface area (Å²) < 4.78 is 20.5. The third kappa shape index (κ3) is 7.70. The topological polar surface area (TPSA) is 161 Å². The van der Waals surface area contributed by atoms with Gasteiger partial charge in [-0.2, -0.15) is 0 Å². The molecule has 0 aliphatic carbocycles. The van der Waals surface area contributed by atoms with Gasteiger partial charge in [0.25, 0.3) is 5.91 Å². The number of ketones is 1. The molecule has 38 heavy (non-hydrogen) atoms. The van der Waals surface area contributed by atoms with Crippen LogP contribution in [-0.4, -0.2) is 86.4 Å². The van der Waals surface area contributed by atoms with Gasteiger partial charge in [0.1, 0.15) is 23.4 Å². The van der Waals surface area contributed by atoms with Crippen LogP contribution in [0.4, 0.5) is 0 Å². The van der Waals surface area contributed by atoms with E-state index in [0.29, 0.717) is 5.76 Å². The Morgan fingerprint density at radius 1 is 0.974 bits per heavy atom. The molecule has 1 aliphatic rings. The van der Waals surface area contributed by atoms with E-state index >= 15 is 0 Å². The van der Waals surface area contributed by atoms with E-state index in [1.807, 2.05) is 31.2 Å². The predicted octanol–water partition coefficient (Wildman–Crippen LogP) is 0.253. The Hall–Kier alpha value is -3.61. The number of methoxy groups -OCH3 is 2. The highest BCUT2D eigenvalue weighted by atomic mass is 16.6. The molecule has 206 valence electrons. The first kappa shape index (κ1) is 29.0. The van der Waals surface area contributed by atoms with E-state index in [2.05, 4.69) is 21.1 Å². The van der Waals surface area contributed by atoms with Crippen LogP contribution < -0.4 is 16.0 Å². The molecule has 3 rings (SSSR count). The number of nitrogens with one attached hydrogen (secondary N) is 3. The number of hydrogen-bond acceptors (Lipinski definition) is 9. The lowest BCUT2D eigenvalue weighted by Gasteiger charge is -2.25. The van der Waals surface area contributed by atoms with Crippen LogP contribution in [0, 0.1) is 13.8 Å². The van der Waals surface area contributed by atoms with Crippen molar-refractivity contribution in [3.05, 3.63) is 52.9 Å². The molecular weight excluding hydrogens is 496 g/mol. The van der Waals surface area contributed by atoms with Gasteiger partial charge in [0.2, 0.25) is 11.8 Å². The Kier molecular flexibility index (Phi) is 9.72. The summed E-state index contributed by atoms with van der Waals surface area (Å²) in [6, 6.07) is 5.86. The van der Waals surface area contributed by atoms with E-state index in [-0.39, 0.29) is 37.7 Å². The van der Waals surface area contributed by atoms with Gasteiger partial charge >= 0.3 is 0 Å². The number of Topliss-reactive ketones (excluding diaryl/α,β-unsaturated/α-hetero) is 1. The van der Waals surface area contributed by atoms with Gasteiger partial charge in [-0.15, -0.1) is 0 Å². The standard InChI is InChI=1S/C26H34N4O8/c1-15-7-6-8-17(9-15)11-18(22(31)26(3)14-37-26)27-24(33)20(12-35-4)29-25(34)21(13-36-5)28-23(32)19-10-16(2)38-30-19/h6-10,18,20-21H,11-14H2,1-5H3,(H,27,33)(H,28,32)(H,29,34)/t18-,20-,21-,26+/m0/s1. The van der Waals surface area contributed by atoms with Gasteiger partial charge < -0.3 is 34.7 Å². The molecule has 0 spiro atoms. The summed E-state index contributed by atoms with van der Waals surface area (Å²) in [6.45, 7) is 5.17. The Bertz CT molecular complexity index is 1160. The predicted molar refractivity (Wildman–Crippen MR) is 134 cm³/mol. The largest absolute Gasteiger partial charge is 0.382 e. The number of benzene rings is 1. The summed E-state index contributed by atoms with van der Waals surface area (Å²) in [5, 5.41) is 11.5. The summed E-state index contributed by atoms with van der Waals surface area (Å²) in [5.74, 6) is -1.78. The van der Waals surface area contributed by atoms with Crippen LogP contribution >= 0.6 is 0 Å². The van der Waals surface area contributed by atoms with Gasteiger partial charge in [-0.1, -0.05) is 35.0 Å². The number of aryl methyl sites for hydroxylation is 2. The molecule has 1 aromatic carbocycles. The molecular formula is C26H34N4O8. The number of hydrogen-bond donors (Lipinski definition) is 3. The number of aromatic nitrogens is 1. The molecule has 1 saturated heterocycles. The van der Waals surface area contributed by atoms with E-state index in [0.717, 1.165) is 11.1 Å². The molecule has 1 fully saturated rings. The highest BCUT2D eigenvalue weighted by Gasteiger charge is 2.50. The van der Waals surface area contributed by atoms with E-state index < -0.39 is 41.4 Å². The third-order valence-corrected chi connectivity index (χ3v) is 6.04. The molecule has 12 nitrogen and oxygen atoms in total. The minimum absolute atomic E-state index is 0.00381. The van der Waals surface area contributed by atoms with Gasteiger partial charge in [-0.3, -0.25) is 19.2 Å². The maximum atomic E-state index is 13.3. The molecule has 1 aliphatic heterocycles. The fourth-order valence-electron chi connectivity index (χ4n) is 3.85. The summed E-state index contributed by atoms with van der Waals surface area (Å²) in [5.41, 5.74) is 0.919. The monoisotopic (exact) mass is 530 g/mol. The summed E-state index contributed by atoms with van der Waals surface area (Å²) in [4.78, 5) is 52.0. The van der Waals surface area contributed by atoms with E-state index in [1.54, 1.807) is 13.8 Å². The lowest BCUT2D eigenvalue weighted by atomic mass is 9.94. The van der Waals surface area contributed by atoms with Crippen LogP contribution in [0.15, 0.2) is 34.9 Å². The molecule has 0 unspecified atom stereocenters. The number of carbonyl (C=O) groups excluding carboxylic acids is 4. The second-order valence-electron chi connectivity index (χ2n) is 9.46. The van der Waals surface area contributed by atoms with E-state index in [1.165, 1.54) is 20.3 Å². The lowest BCUT2D eigenvalue weighted by molar-refractivity contribution is -0.134. The van der Waals surface area contributed by atoms with Gasteiger partial charge in [0, 0.05) is 20.3 Å². The number of carbonyl (C=O) groups is 4. The molecule has 1 aromatic heterocycles. The van der Waals surface area contributed by atoms with Gasteiger partial charge in [0.15, 0.2) is 11.5 Å². The van der Waals surface area contributed by atoms with Crippen molar-refractivity contribution in [1.29, 1.82) is 0 Å². The first-order valence-corrected chi connectivity index (χ1v) is 12.1. The quantitative estimate of drug-likeness (QED) is 0.291. The normalized spacial score (nSPS) is 18.7. The second-order valence-corrected chi connectivity index (χ2v) is 9.46. The molecule has 3 N–H and O–H groups in total. The van der Waals surface area contributed by atoms with Crippen molar-refractivity contribution >= 4 is 23.5 Å². The minimum Gasteiger partial charge on any atom is -0.382 e. The summed E-state index contributed by atoms with van der Waals surface area (Å²) >= 11 is 0.